The van der Waals surface area contributed by atoms with Gasteiger partial charge in [0.1, 0.15) is 11.8 Å². The van der Waals surface area contributed by atoms with Crippen molar-refractivity contribution >= 4 is 57.9 Å². The highest BCUT2D eigenvalue weighted by molar-refractivity contribution is 8.00. The van der Waals surface area contributed by atoms with E-state index >= 15 is 0 Å². The van der Waals surface area contributed by atoms with Gasteiger partial charge in [0, 0.05) is 28.6 Å². The molecule has 0 bridgehead atoms. The molecule has 3 heterocycles. The van der Waals surface area contributed by atoms with Gasteiger partial charge in [0.15, 0.2) is 11.5 Å². The first kappa shape index (κ1) is 32.8. The molecular formula is C31H23F3N4O8S2. The molecule has 12 nitrogen and oxygen atoms in total. The fourth-order valence-electron chi connectivity index (χ4n) is 5.71. The largest absolute Gasteiger partial charge is 0.504 e. The number of aromatic nitrogens is 1. The highest BCUT2D eigenvalue weighted by Crippen LogP contribution is 2.54. The number of phenols is 1. The Labute approximate surface area is 276 Å². The van der Waals surface area contributed by atoms with Crippen molar-refractivity contribution in [2.75, 3.05) is 16.8 Å². The number of aromatic hydroxyl groups is 1. The number of non-ortho nitro benzene ring substituents is 1. The van der Waals surface area contributed by atoms with Crippen molar-refractivity contribution in [3.8, 4) is 11.5 Å². The average Bonchev–Trinajstić information content (AvgIpc) is 3.48. The summed E-state index contributed by atoms with van der Waals surface area (Å²) in [6, 6.07) is 13.3. The van der Waals surface area contributed by atoms with Gasteiger partial charge in [-0.15, -0.1) is 0 Å². The molecule has 3 amide bonds. The Balaban J connectivity index is 1.40. The van der Waals surface area contributed by atoms with Crippen LogP contribution in [0.3, 0.4) is 0 Å². The normalized spacial score (nSPS) is 18.8. The van der Waals surface area contributed by atoms with Crippen LogP contribution in [0.25, 0.3) is 0 Å². The summed E-state index contributed by atoms with van der Waals surface area (Å²) in [4.78, 5) is 65.7. The van der Waals surface area contributed by atoms with Crippen LogP contribution in [0, 0.1) is 16.0 Å². The zero-order chi connectivity index (χ0) is 34.5. The molecule has 2 N–H and O–H groups in total. The van der Waals surface area contributed by atoms with Crippen LogP contribution in [0.15, 0.2) is 76.6 Å². The van der Waals surface area contributed by atoms with E-state index in [0.717, 1.165) is 62.9 Å². The zero-order valence-corrected chi connectivity index (χ0v) is 26.2. The van der Waals surface area contributed by atoms with E-state index in [0.29, 0.717) is 10.4 Å². The lowest BCUT2D eigenvalue weighted by atomic mass is 9.83. The number of fused-ring (bicyclic) bond motifs is 2. The predicted octanol–water partition coefficient (Wildman–Crippen LogP) is 5.38. The molecular weight excluding hydrogens is 677 g/mol. The molecule has 248 valence electrons. The van der Waals surface area contributed by atoms with Gasteiger partial charge in [-0.05, 0) is 55.0 Å². The lowest BCUT2D eigenvalue weighted by molar-refractivity contribution is -0.384. The first-order chi connectivity index (χ1) is 22.8. The minimum absolute atomic E-state index is 0.0996. The summed E-state index contributed by atoms with van der Waals surface area (Å²) in [6.07, 6.45) is -4.64. The monoisotopic (exact) mass is 700 g/mol. The van der Waals surface area contributed by atoms with Gasteiger partial charge in [-0.2, -0.15) is 13.2 Å². The maximum Gasteiger partial charge on any atom is 0.416 e. The van der Waals surface area contributed by atoms with Crippen molar-refractivity contribution in [2.45, 2.75) is 35.8 Å². The standard InChI is InChI=1S/C31H23F3N4O8S2/c1-2-46-21-12-15(6-11-20(21)39)23-24-25(28(42)37(27(24)41)18-7-9-19(10-8-18)38(44)45)47-29-26(23)48-30(43)36(29)14-22(40)35-17-5-3-4-16(13-17)31(32,33)34/h3-13,23-25,39H,2,14H2,1H3,(H,35,40). The van der Waals surface area contributed by atoms with E-state index < -0.39 is 62.9 Å². The van der Waals surface area contributed by atoms with Crippen molar-refractivity contribution in [2.24, 2.45) is 5.92 Å². The molecule has 1 aromatic heterocycles. The number of alkyl halides is 3. The maximum absolute atomic E-state index is 14.1. The summed E-state index contributed by atoms with van der Waals surface area (Å²) in [5.41, 5.74) is -0.824. The number of hydrogen-bond donors (Lipinski definition) is 2. The third kappa shape index (κ3) is 5.90. The van der Waals surface area contributed by atoms with E-state index in [1.165, 1.54) is 36.4 Å². The Kier molecular flexibility index (Phi) is 8.51. The number of benzene rings is 3. The SMILES string of the molecule is CCOc1cc(C2c3sc(=O)n(CC(=O)Nc4cccc(C(F)(F)F)c4)c3SC3C(=O)N(c4ccc([N+](=O)[O-])cc4)C(=O)C32)ccc1O. The molecule has 3 atom stereocenters. The number of phenolic OH excluding ortho intramolecular Hbond substituents is 1. The molecule has 2 aliphatic rings. The second kappa shape index (κ2) is 12.5. The summed E-state index contributed by atoms with van der Waals surface area (Å²) in [5, 5.41) is 23.0. The Hall–Kier alpha value is -5.16. The molecule has 0 saturated carbocycles. The van der Waals surface area contributed by atoms with Crippen molar-refractivity contribution in [3.63, 3.8) is 0 Å². The van der Waals surface area contributed by atoms with Crippen molar-refractivity contribution in [1.29, 1.82) is 0 Å². The van der Waals surface area contributed by atoms with Crippen LogP contribution in [0.4, 0.5) is 30.2 Å². The van der Waals surface area contributed by atoms with Crippen LogP contribution < -0.4 is 19.8 Å². The van der Waals surface area contributed by atoms with Gasteiger partial charge in [0.25, 0.3) is 5.69 Å². The first-order valence-corrected chi connectivity index (χ1v) is 15.9. The quantitative estimate of drug-likeness (QED) is 0.140. The van der Waals surface area contributed by atoms with Crippen molar-refractivity contribution in [3.05, 3.63) is 103 Å². The number of ether oxygens (including phenoxy) is 1. The number of thiazole rings is 1. The number of nitro benzene ring substituents is 1. The van der Waals surface area contributed by atoms with Crippen molar-refractivity contribution in [1.82, 2.24) is 4.57 Å². The molecule has 0 aliphatic carbocycles. The van der Waals surface area contributed by atoms with Gasteiger partial charge >= 0.3 is 11.0 Å². The topological polar surface area (TPSA) is 161 Å². The molecule has 2 aliphatic heterocycles. The highest BCUT2D eigenvalue weighted by atomic mass is 32.2. The second-order valence-electron chi connectivity index (χ2n) is 10.7. The number of nitrogens with zero attached hydrogens (tertiary/aromatic N) is 3. The number of imide groups is 1. The number of rotatable bonds is 8. The zero-order valence-electron chi connectivity index (χ0n) is 24.6. The van der Waals surface area contributed by atoms with Crippen LogP contribution >= 0.6 is 23.1 Å². The number of nitro groups is 1. The highest BCUT2D eigenvalue weighted by Gasteiger charge is 2.57. The van der Waals surface area contributed by atoms with Crippen LogP contribution in [0.2, 0.25) is 0 Å². The Morgan fingerprint density at radius 3 is 2.46 bits per heavy atom. The van der Waals surface area contributed by atoms with E-state index in [4.69, 9.17) is 4.74 Å². The number of anilines is 2. The third-order valence-electron chi connectivity index (χ3n) is 7.79. The van der Waals surface area contributed by atoms with Gasteiger partial charge in [0.05, 0.1) is 33.7 Å². The van der Waals surface area contributed by atoms with Crippen LogP contribution in [0.5, 0.6) is 11.5 Å². The summed E-state index contributed by atoms with van der Waals surface area (Å²) in [7, 11) is 0. The molecule has 1 saturated heterocycles. The number of thioether (sulfide) groups is 1. The molecule has 0 spiro atoms. The number of carbonyl (C=O) groups is 3. The first-order valence-electron chi connectivity index (χ1n) is 14.2. The van der Waals surface area contributed by atoms with Crippen LogP contribution in [-0.4, -0.2) is 44.2 Å². The average molecular weight is 701 g/mol. The molecule has 48 heavy (non-hydrogen) atoms. The van der Waals surface area contributed by atoms with E-state index in [2.05, 4.69) is 5.32 Å². The summed E-state index contributed by atoms with van der Waals surface area (Å²) >= 11 is 1.66. The molecule has 4 aromatic rings. The molecule has 1 fully saturated rings. The van der Waals surface area contributed by atoms with Crippen molar-refractivity contribution < 1.29 is 42.3 Å². The second-order valence-corrected chi connectivity index (χ2v) is 12.9. The van der Waals surface area contributed by atoms with E-state index in [9.17, 15) is 47.6 Å². The number of nitrogens with one attached hydrogen (secondary N) is 1. The fourth-order valence-corrected chi connectivity index (χ4v) is 8.48. The molecule has 3 aromatic carbocycles. The number of hydrogen-bond acceptors (Lipinski definition) is 10. The van der Waals surface area contributed by atoms with E-state index in [-0.39, 0.29) is 40.2 Å². The minimum Gasteiger partial charge on any atom is -0.504 e. The lowest BCUT2D eigenvalue weighted by Gasteiger charge is -2.31. The molecule has 17 heteroatoms. The number of halogens is 3. The minimum atomic E-state index is -4.64. The summed E-state index contributed by atoms with van der Waals surface area (Å²) < 4.78 is 46.3. The van der Waals surface area contributed by atoms with Gasteiger partial charge in [0.2, 0.25) is 17.7 Å². The smallest absolute Gasteiger partial charge is 0.416 e. The number of amides is 3. The lowest BCUT2D eigenvalue weighted by Crippen LogP contribution is -2.33. The third-order valence-corrected chi connectivity index (χ3v) is 10.4. The van der Waals surface area contributed by atoms with Gasteiger partial charge in [-0.1, -0.05) is 35.2 Å². The van der Waals surface area contributed by atoms with Gasteiger partial charge < -0.3 is 15.2 Å². The molecule has 3 unspecified atom stereocenters. The maximum atomic E-state index is 14.1. The van der Waals surface area contributed by atoms with Crippen LogP contribution in [-0.2, 0) is 27.1 Å². The summed E-state index contributed by atoms with van der Waals surface area (Å²) in [5.74, 6) is -4.14. The fraction of sp³-hybridized carbons (Fsp3) is 0.226. The summed E-state index contributed by atoms with van der Waals surface area (Å²) in [6.45, 7) is 1.30. The van der Waals surface area contributed by atoms with E-state index in [1.54, 1.807) is 6.92 Å². The Morgan fingerprint density at radius 1 is 1.06 bits per heavy atom. The van der Waals surface area contributed by atoms with Crippen LogP contribution in [0.1, 0.15) is 28.8 Å². The predicted molar refractivity (Wildman–Crippen MR) is 168 cm³/mol. The van der Waals surface area contributed by atoms with E-state index in [1.807, 2.05) is 0 Å². The van der Waals surface area contributed by atoms with Gasteiger partial charge in [-0.3, -0.25) is 33.9 Å². The molecule has 6 rings (SSSR count). The Morgan fingerprint density at radius 2 is 1.79 bits per heavy atom. The Bertz CT molecular complexity index is 2030. The number of carbonyl (C=O) groups excluding carboxylic acids is 3. The van der Waals surface area contributed by atoms with Gasteiger partial charge in [-0.25, -0.2) is 4.90 Å². The molecule has 0 radical (unpaired) electrons.